The molecule has 0 bridgehead atoms. The van der Waals surface area contributed by atoms with E-state index in [0.717, 1.165) is 16.9 Å². The van der Waals surface area contributed by atoms with Gasteiger partial charge in [0.15, 0.2) is 0 Å². The summed E-state index contributed by atoms with van der Waals surface area (Å²) >= 11 is 0. The zero-order valence-electron chi connectivity index (χ0n) is 7.47. The number of rotatable bonds is 0. The molecule has 2 heterocycles. The third kappa shape index (κ3) is 0.894. The Balaban J connectivity index is 2.16. The number of Topliss-reactive ketones (excluding diaryl/α,β-unsaturated/α-hetero) is 1. The van der Waals surface area contributed by atoms with Crippen molar-refractivity contribution in [1.29, 1.82) is 0 Å². The molecule has 0 saturated carbocycles. The molecule has 0 amide bonds. The SMILES string of the molecule is O=C1CC=CC2=NC=C3C=NC=C3C12. The highest BCUT2D eigenvalue weighted by Crippen LogP contribution is 2.31. The first-order valence-electron chi connectivity index (χ1n) is 4.57. The molecule has 0 aromatic rings. The smallest absolute Gasteiger partial charge is 0.150 e. The van der Waals surface area contributed by atoms with E-state index in [0.29, 0.717) is 6.42 Å². The molecule has 2 aliphatic heterocycles. The molecule has 3 nitrogen and oxygen atoms in total. The number of hydrogen-bond acceptors (Lipinski definition) is 3. The number of allylic oxidation sites excluding steroid dienone is 4. The minimum Gasteiger partial charge on any atom is -0.298 e. The lowest BCUT2D eigenvalue weighted by Gasteiger charge is -2.23. The Morgan fingerprint density at radius 1 is 1.36 bits per heavy atom. The Kier molecular flexibility index (Phi) is 1.42. The van der Waals surface area contributed by atoms with E-state index in [1.54, 1.807) is 18.6 Å². The third-order valence-corrected chi connectivity index (χ3v) is 2.65. The monoisotopic (exact) mass is 184 g/mol. The number of hydrogen-bond donors (Lipinski definition) is 0. The summed E-state index contributed by atoms with van der Waals surface area (Å²) < 4.78 is 0. The second kappa shape index (κ2) is 2.61. The average Bonchev–Trinajstić information content (AvgIpc) is 2.65. The van der Waals surface area contributed by atoms with Crippen molar-refractivity contribution < 1.29 is 4.79 Å². The molecule has 14 heavy (non-hydrogen) atoms. The first kappa shape index (κ1) is 7.62. The third-order valence-electron chi connectivity index (χ3n) is 2.65. The van der Waals surface area contributed by atoms with Crippen molar-refractivity contribution in [2.24, 2.45) is 15.9 Å². The zero-order chi connectivity index (χ0) is 9.54. The highest BCUT2D eigenvalue weighted by Gasteiger charge is 2.33. The Hall–Kier alpha value is -1.77. The zero-order valence-corrected chi connectivity index (χ0v) is 7.47. The maximum atomic E-state index is 11.7. The molecule has 0 fully saturated rings. The number of aliphatic imine (C=N–C) groups is 2. The van der Waals surface area contributed by atoms with Crippen molar-refractivity contribution >= 4 is 17.7 Å². The summed E-state index contributed by atoms with van der Waals surface area (Å²) in [5.41, 5.74) is 2.83. The fourth-order valence-electron chi connectivity index (χ4n) is 1.97. The molecule has 0 radical (unpaired) electrons. The van der Waals surface area contributed by atoms with Crippen molar-refractivity contribution in [1.82, 2.24) is 0 Å². The molecule has 0 aromatic carbocycles. The predicted molar refractivity (Wildman–Crippen MR) is 54.3 cm³/mol. The summed E-state index contributed by atoms with van der Waals surface area (Å²) in [5, 5.41) is 0. The molecular formula is C11H8N2O. The largest absolute Gasteiger partial charge is 0.298 e. The van der Waals surface area contributed by atoms with Gasteiger partial charge in [0, 0.05) is 30.6 Å². The van der Waals surface area contributed by atoms with Gasteiger partial charge in [-0.2, -0.15) is 0 Å². The predicted octanol–water partition coefficient (Wildman–Crippen LogP) is 1.44. The lowest BCUT2D eigenvalue weighted by Crippen LogP contribution is -2.29. The van der Waals surface area contributed by atoms with Crippen LogP contribution in [0.15, 0.2) is 45.7 Å². The fourth-order valence-corrected chi connectivity index (χ4v) is 1.97. The first-order chi connectivity index (χ1) is 6.86. The molecule has 0 spiro atoms. The Bertz CT molecular complexity index is 464. The van der Waals surface area contributed by atoms with Crippen molar-refractivity contribution in [3.8, 4) is 0 Å². The molecule has 3 rings (SSSR count). The molecule has 0 aromatic heterocycles. The van der Waals surface area contributed by atoms with Crippen molar-refractivity contribution in [3.05, 3.63) is 35.7 Å². The van der Waals surface area contributed by atoms with Crippen LogP contribution in [0.25, 0.3) is 0 Å². The lowest BCUT2D eigenvalue weighted by molar-refractivity contribution is -0.119. The highest BCUT2D eigenvalue weighted by molar-refractivity contribution is 6.18. The van der Waals surface area contributed by atoms with E-state index < -0.39 is 0 Å². The van der Waals surface area contributed by atoms with Crippen LogP contribution in [0.2, 0.25) is 0 Å². The van der Waals surface area contributed by atoms with Crippen LogP contribution in [0.1, 0.15) is 6.42 Å². The number of fused-ring (bicyclic) bond motifs is 3. The van der Waals surface area contributed by atoms with Crippen LogP contribution in [0.3, 0.4) is 0 Å². The quantitative estimate of drug-likeness (QED) is 0.561. The summed E-state index contributed by atoms with van der Waals surface area (Å²) in [7, 11) is 0. The van der Waals surface area contributed by atoms with Gasteiger partial charge in [0.1, 0.15) is 5.78 Å². The van der Waals surface area contributed by atoms with Gasteiger partial charge in [0.25, 0.3) is 0 Å². The normalized spacial score (nSPS) is 27.9. The van der Waals surface area contributed by atoms with Crippen LogP contribution in [-0.2, 0) is 4.79 Å². The van der Waals surface area contributed by atoms with Crippen LogP contribution < -0.4 is 0 Å². The molecule has 3 aliphatic rings. The minimum atomic E-state index is -0.164. The van der Waals surface area contributed by atoms with E-state index in [9.17, 15) is 4.79 Å². The number of nitrogens with zero attached hydrogens (tertiary/aromatic N) is 2. The Morgan fingerprint density at radius 3 is 3.21 bits per heavy atom. The van der Waals surface area contributed by atoms with Crippen LogP contribution in [0.5, 0.6) is 0 Å². The van der Waals surface area contributed by atoms with Crippen LogP contribution in [-0.4, -0.2) is 17.7 Å². The van der Waals surface area contributed by atoms with Gasteiger partial charge in [-0.05, 0) is 11.6 Å². The van der Waals surface area contributed by atoms with Gasteiger partial charge in [-0.15, -0.1) is 0 Å². The Morgan fingerprint density at radius 2 is 2.29 bits per heavy atom. The van der Waals surface area contributed by atoms with Gasteiger partial charge in [-0.3, -0.25) is 14.8 Å². The van der Waals surface area contributed by atoms with E-state index in [2.05, 4.69) is 9.98 Å². The standard InChI is InChI=1S/C11H8N2O/c14-10-3-1-2-9-11(10)8-6-12-4-7(8)5-13-9/h1-2,4-6,11H,3H2. The van der Waals surface area contributed by atoms with Gasteiger partial charge < -0.3 is 0 Å². The van der Waals surface area contributed by atoms with Crippen LogP contribution >= 0.6 is 0 Å². The number of carbonyl (C=O) groups is 1. The molecule has 1 unspecified atom stereocenters. The molecule has 1 atom stereocenters. The summed E-state index contributed by atoms with van der Waals surface area (Å²) in [6, 6.07) is 0. The lowest BCUT2D eigenvalue weighted by atomic mass is 9.81. The molecule has 68 valence electrons. The fraction of sp³-hybridized carbons (Fsp3) is 0.182. The van der Waals surface area contributed by atoms with Crippen LogP contribution in [0.4, 0.5) is 0 Å². The van der Waals surface area contributed by atoms with Gasteiger partial charge in [0.05, 0.1) is 11.6 Å². The van der Waals surface area contributed by atoms with Crippen LogP contribution in [0, 0.1) is 5.92 Å². The summed E-state index contributed by atoms with van der Waals surface area (Å²) in [6.07, 6.45) is 9.60. The van der Waals surface area contributed by atoms with E-state index in [1.165, 1.54) is 0 Å². The maximum absolute atomic E-state index is 11.7. The van der Waals surface area contributed by atoms with Crippen molar-refractivity contribution in [2.75, 3.05) is 0 Å². The van der Waals surface area contributed by atoms with Gasteiger partial charge in [-0.25, -0.2) is 0 Å². The van der Waals surface area contributed by atoms with E-state index >= 15 is 0 Å². The van der Waals surface area contributed by atoms with Gasteiger partial charge in [0.2, 0.25) is 0 Å². The molecular weight excluding hydrogens is 176 g/mol. The van der Waals surface area contributed by atoms with Crippen molar-refractivity contribution in [2.45, 2.75) is 6.42 Å². The molecule has 3 heteroatoms. The molecule has 1 aliphatic carbocycles. The maximum Gasteiger partial charge on any atom is 0.150 e. The second-order valence-electron chi connectivity index (χ2n) is 3.51. The average molecular weight is 184 g/mol. The van der Waals surface area contributed by atoms with E-state index in [4.69, 9.17) is 0 Å². The van der Waals surface area contributed by atoms with E-state index in [1.807, 2.05) is 12.2 Å². The first-order valence-corrected chi connectivity index (χ1v) is 4.57. The topological polar surface area (TPSA) is 41.8 Å². The second-order valence-corrected chi connectivity index (χ2v) is 3.51. The Labute approximate surface area is 81.3 Å². The van der Waals surface area contributed by atoms with E-state index in [-0.39, 0.29) is 11.7 Å². The number of ketones is 1. The summed E-state index contributed by atoms with van der Waals surface area (Å²) in [5.74, 6) is 0.0519. The summed E-state index contributed by atoms with van der Waals surface area (Å²) in [4.78, 5) is 20.0. The highest BCUT2D eigenvalue weighted by atomic mass is 16.1. The number of carbonyl (C=O) groups excluding carboxylic acids is 1. The van der Waals surface area contributed by atoms with Gasteiger partial charge >= 0.3 is 0 Å². The van der Waals surface area contributed by atoms with Gasteiger partial charge in [-0.1, -0.05) is 6.08 Å². The molecule has 0 N–H and O–H groups in total. The summed E-state index contributed by atoms with van der Waals surface area (Å²) in [6.45, 7) is 0. The minimum absolute atomic E-state index is 0.164. The molecule has 0 saturated heterocycles. The van der Waals surface area contributed by atoms with Crippen molar-refractivity contribution in [3.63, 3.8) is 0 Å².